The number of rotatable bonds is 3. The average Bonchev–Trinajstić information content (AvgIpc) is 3.10. The minimum atomic E-state index is -4.53. The van der Waals surface area contributed by atoms with Gasteiger partial charge in [-0.3, -0.25) is 4.79 Å². The van der Waals surface area contributed by atoms with Crippen molar-refractivity contribution in [1.82, 2.24) is 19.9 Å². The van der Waals surface area contributed by atoms with Gasteiger partial charge in [-0.25, -0.2) is 19.3 Å². The van der Waals surface area contributed by atoms with Gasteiger partial charge in [0.05, 0.1) is 23.5 Å². The molecule has 12 heteroatoms. The Morgan fingerprint density at radius 3 is 2.34 bits per heavy atom. The molecule has 1 saturated heterocycles. The Hall–Kier alpha value is -3.44. The van der Waals surface area contributed by atoms with Crippen LogP contribution in [0.5, 0.6) is 0 Å². The predicted octanol–water partition coefficient (Wildman–Crippen LogP) is 1.94. The van der Waals surface area contributed by atoms with E-state index in [1.54, 1.807) is 4.90 Å². The van der Waals surface area contributed by atoms with Gasteiger partial charge in [-0.2, -0.15) is 13.2 Å². The molecule has 1 amide bonds. The van der Waals surface area contributed by atoms with Gasteiger partial charge in [-0.1, -0.05) is 0 Å². The number of hydrogen-bond donors (Lipinski definition) is 2. The molecule has 0 radical (unpaired) electrons. The summed E-state index contributed by atoms with van der Waals surface area (Å²) in [7, 11) is 0. The summed E-state index contributed by atoms with van der Waals surface area (Å²) in [5.41, 5.74) is 4.87. The standard InChI is InChI=1S/C17H15F4N7O/c18-9-5-10(15(22)29)14-11(6-9)25-16(26-14)28-3-1-27(2-4-28)13-8-23-12(7-24-13)17(19,20)21/h5-8H,1-4H2,(H2,22,29)(H,25,26). The first-order valence-electron chi connectivity index (χ1n) is 8.60. The Labute approximate surface area is 161 Å². The Balaban J connectivity index is 1.50. The molecule has 3 heterocycles. The number of primary amides is 1. The summed E-state index contributed by atoms with van der Waals surface area (Å²) in [6, 6.07) is 2.27. The number of alkyl halides is 3. The third-order valence-corrected chi connectivity index (χ3v) is 4.64. The van der Waals surface area contributed by atoms with Gasteiger partial charge in [-0.15, -0.1) is 0 Å². The quantitative estimate of drug-likeness (QED) is 0.641. The second kappa shape index (κ2) is 6.87. The van der Waals surface area contributed by atoms with Gasteiger partial charge in [0, 0.05) is 26.2 Å². The highest BCUT2D eigenvalue weighted by Crippen LogP contribution is 2.28. The van der Waals surface area contributed by atoms with Crippen molar-refractivity contribution in [2.75, 3.05) is 36.0 Å². The molecule has 0 spiro atoms. The lowest BCUT2D eigenvalue weighted by molar-refractivity contribution is -0.141. The Kier molecular flexibility index (Phi) is 4.47. The second-order valence-corrected chi connectivity index (χ2v) is 6.51. The molecule has 1 aliphatic heterocycles. The molecule has 0 unspecified atom stereocenters. The minimum Gasteiger partial charge on any atom is -0.366 e. The van der Waals surface area contributed by atoms with Crippen LogP contribution in [-0.2, 0) is 6.18 Å². The number of halogens is 4. The highest BCUT2D eigenvalue weighted by molar-refractivity contribution is 6.04. The molecule has 0 saturated carbocycles. The maximum atomic E-state index is 13.7. The number of carbonyl (C=O) groups is 1. The molecule has 0 atom stereocenters. The van der Waals surface area contributed by atoms with Crippen LogP contribution < -0.4 is 15.5 Å². The summed E-state index contributed by atoms with van der Waals surface area (Å²) in [6.45, 7) is 1.90. The number of aromatic amines is 1. The van der Waals surface area contributed by atoms with Gasteiger partial charge >= 0.3 is 6.18 Å². The Bertz CT molecular complexity index is 1060. The van der Waals surface area contributed by atoms with Gasteiger partial charge in [0.15, 0.2) is 5.69 Å². The van der Waals surface area contributed by atoms with Crippen LogP contribution in [0.4, 0.5) is 29.3 Å². The molecule has 29 heavy (non-hydrogen) atoms. The predicted molar refractivity (Wildman–Crippen MR) is 96.0 cm³/mol. The van der Waals surface area contributed by atoms with Gasteiger partial charge in [0.1, 0.15) is 17.2 Å². The summed E-state index contributed by atoms with van der Waals surface area (Å²) in [5.74, 6) is -0.586. The number of benzene rings is 1. The van der Waals surface area contributed by atoms with Crippen molar-refractivity contribution in [3.8, 4) is 0 Å². The molecular weight excluding hydrogens is 394 g/mol. The van der Waals surface area contributed by atoms with Crippen LogP contribution in [0.25, 0.3) is 11.0 Å². The molecular formula is C17H15F4N7O. The molecule has 8 nitrogen and oxygen atoms in total. The summed E-state index contributed by atoms with van der Waals surface area (Å²) < 4.78 is 51.5. The van der Waals surface area contributed by atoms with Crippen molar-refractivity contribution in [3.63, 3.8) is 0 Å². The first kappa shape index (κ1) is 18.9. The number of piperazine rings is 1. The average molecular weight is 409 g/mol. The summed E-state index contributed by atoms with van der Waals surface area (Å²) >= 11 is 0. The molecule has 1 fully saturated rings. The molecule has 1 aliphatic rings. The maximum Gasteiger partial charge on any atom is 0.434 e. The summed E-state index contributed by atoms with van der Waals surface area (Å²) in [6.07, 6.45) is -2.72. The fourth-order valence-electron chi connectivity index (χ4n) is 3.19. The number of nitrogens with two attached hydrogens (primary N) is 1. The lowest BCUT2D eigenvalue weighted by Crippen LogP contribution is -2.47. The molecule has 2 aromatic heterocycles. The third kappa shape index (κ3) is 3.65. The lowest BCUT2D eigenvalue weighted by Gasteiger charge is -2.35. The fraction of sp³-hybridized carbons (Fsp3) is 0.294. The van der Waals surface area contributed by atoms with Crippen molar-refractivity contribution < 1.29 is 22.4 Å². The second-order valence-electron chi connectivity index (χ2n) is 6.51. The zero-order valence-corrected chi connectivity index (χ0v) is 14.9. The highest BCUT2D eigenvalue weighted by atomic mass is 19.4. The van der Waals surface area contributed by atoms with Crippen molar-refractivity contribution in [3.05, 3.63) is 41.6 Å². The smallest absolute Gasteiger partial charge is 0.366 e. The van der Waals surface area contributed by atoms with E-state index < -0.39 is 23.6 Å². The van der Waals surface area contributed by atoms with E-state index in [9.17, 15) is 22.4 Å². The number of hydrogen-bond acceptors (Lipinski definition) is 6. The van der Waals surface area contributed by atoms with Crippen LogP contribution in [0.15, 0.2) is 24.5 Å². The SMILES string of the molecule is NC(=O)c1cc(F)cc2[nH]c(N3CCN(c4cnc(C(F)(F)F)cn4)CC3)nc12. The lowest BCUT2D eigenvalue weighted by atomic mass is 10.1. The number of aromatic nitrogens is 4. The normalized spacial score (nSPS) is 15.2. The van der Waals surface area contributed by atoms with E-state index in [0.29, 0.717) is 49.7 Å². The summed E-state index contributed by atoms with van der Waals surface area (Å²) in [5, 5.41) is 0. The monoisotopic (exact) mass is 409 g/mol. The molecule has 0 aliphatic carbocycles. The van der Waals surface area contributed by atoms with E-state index in [1.165, 1.54) is 6.07 Å². The maximum absolute atomic E-state index is 13.7. The first-order valence-corrected chi connectivity index (χ1v) is 8.60. The van der Waals surface area contributed by atoms with Crippen molar-refractivity contribution in [2.45, 2.75) is 6.18 Å². The van der Waals surface area contributed by atoms with Gasteiger partial charge < -0.3 is 20.5 Å². The van der Waals surface area contributed by atoms with Crippen LogP contribution in [0.3, 0.4) is 0 Å². The number of carbonyl (C=O) groups excluding carboxylic acids is 1. The van der Waals surface area contributed by atoms with Crippen LogP contribution in [0.1, 0.15) is 16.1 Å². The van der Waals surface area contributed by atoms with E-state index in [0.717, 1.165) is 12.3 Å². The highest BCUT2D eigenvalue weighted by Gasteiger charge is 2.33. The van der Waals surface area contributed by atoms with Gasteiger partial charge in [-0.05, 0) is 12.1 Å². The number of anilines is 2. The zero-order chi connectivity index (χ0) is 20.8. The van der Waals surface area contributed by atoms with E-state index in [-0.39, 0.29) is 11.1 Å². The van der Waals surface area contributed by atoms with Gasteiger partial charge in [0.2, 0.25) is 5.95 Å². The number of nitrogens with zero attached hydrogens (tertiary/aromatic N) is 5. The topological polar surface area (TPSA) is 104 Å². The van der Waals surface area contributed by atoms with Crippen molar-refractivity contribution in [2.24, 2.45) is 5.73 Å². The van der Waals surface area contributed by atoms with Crippen molar-refractivity contribution in [1.29, 1.82) is 0 Å². The molecule has 4 rings (SSSR count). The fourth-order valence-corrected chi connectivity index (χ4v) is 3.19. The molecule has 0 bridgehead atoms. The van der Waals surface area contributed by atoms with Crippen LogP contribution in [-0.4, -0.2) is 52.0 Å². The Morgan fingerprint density at radius 1 is 1.07 bits per heavy atom. The molecule has 3 aromatic rings. The zero-order valence-electron chi connectivity index (χ0n) is 14.9. The number of H-pyrrole nitrogens is 1. The van der Waals surface area contributed by atoms with Crippen LogP contribution >= 0.6 is 0 Å². The van der Waals surface area contributed by atoms with E-state index in [2.05, 4.69) is 19.9 Å². The molecule has 1 aromatic carbocycles. The van der Waals surface area contributed by atoms with Crippen LogP contribution in [0.2, 0.25) is 0 Å². The number of imidazole rings is 1. The third-order valence-electron chi connectivity index (χ3n) is 4.64. The summed E-state index contributed by atoms with van der Waals surface area (Å²) in [4.78, 5) is 29.8. The minimum absolute atomic E-state index is 0.0128. The van der Waals surface area contributed by atoms with E-state index in [1.807, 2.05) is 4.90 Å². The number of amides is 1. The van der Waals surface area contributed by atoms with Crippen LogP contribution in [0, 0.1) is 5.82 Å². The number of fused-ring (bicyclic) bond motifs is 1. The van der Waals surface area contributed by atoms with Gasteiger partial charge in [0.25, 0.3) is 5.91 Å². The molecule has 3 N–H and O–H groups in total. The molecule has 152 valence electrons. The number of nitrogens with one attached hydrogen (secondary N) is 1. The van der Waals surface area contributed by atoms with E-state index in [4.69, 9.17) is 5.73 Å². The largest absolute Gasteiger partial charge is 0.434 e. The first-order chi connectivity index (χ1) is 13.7. The van der Waals surface area contributed by atoms with Crippen molar-refractivity contribution >= 4 is 28.7 Å². The van der Waals surface area contributed by atoms with E-state index >= 15 is 0 Å². The Morgan fingerprint density at radius 2 is 1.76 bits per heavy atom.